The maximum atomic E-state index is 10.8. The summed E-state index contributed by atoms with van der Waals surface area (Å²) < 4.78 is 0. The lowest BCUT2D eigenvalue weighted by molar-refractivity contribution is 0.0459. The van der Waals surface area contributed by atoms with Gasteiger partial charge in [-0.3, -0.25) is 4.90 Å². The number of benzene rings is 2. The third kappa shape index (κ3) is 3.58. The molecular weight excluding hydrogens is 310 g/mol. The van der Waals surface area contributed by atoms with E-state index in [-0.39, 0.29) is 24.4 Å². The Labute approximate surface area is 151 Å². The van der Waals surface area contributed by atoms with Gasteiger partial charge in [0.25, 0.3) is 0 Å². The average molecular weight is 341 g/mol. The van der Waals surface area contributed by atoms with Gasteiger partial charge < -0.3 is 10.2 Å². The highest BCUT2D eigenvalue weighted by Crippen LogP contribution is 2.45. The van der Waals surface area contributed by atoms with Crippen LogP contribution in [0, 0.1) is 0 Å². The van der Waals surface area contributed by atoms with Crippen molar-refractivity contribution < 1.29 is 10.2 Å². The van der Waals surface area contributed by atoms with Gasteiger partial charge >= 0.3 is 0 Å². The summed E-state index contributed by atoms with van der Waals surface area (Å²) in [5.41, 5.74) is 2.37. The van der Waals surface area contributed by atoms with Crippen LogP contribution in [0.1, 0.15) is 57.7 Å². The molecular formula is C22H31NO2. The molecule has 2 rings (SSSR count). The second-order valence-corrected chi connectivity index (χ2v) is 7.18. The molecule has 3 nitrogen and oxygen atoms in total. The maximum absolute atomic E-state index is 10.8. The number of aliphatic hydroxyl groups is 1. The van der Waals surface area contributed by atoms with E-state index in [4.69, 9.17) is 0 Å². The third-order valence-electron chi connectivity index (χ3n) is 5.01. The molecule has 1 atom stereocenters. The van der Waals surface area contributed by atoms with Gasteiger partial charge in [-0.15, -0.1) is 0 Å². The Morgan fingerprint density at radius 2 is 1.56 bits per heavy atom. The largest absolute Gasteiger partial charge is 0.508 e. The zero-order chi connectivity index (χ0) is 18.6. The van der Waals surface area contributed by atoms with Crippen molar-refractivity contribution in [2.24, 2.45) is 0 Å². The molecule has 0 saturated heterocycles. The normalized spacial score (nSPS) is 14.3. The molecule has 0 spiro atoms. The molecule has 3 heteroatoms. The number of hydrogen-bond acceptors (Lipinski definition) is 3. The Kier molecular flexibility index (Phi) is 6.26. The van der Waals surface area contributed by atoms with Crippen LogP contribution in [-0.2, 0) is 12.1 Å². The van der Waals surface area contributed by atoms with Crippen molar-refractivity contribution in [3.05, 3.63) is 65.2 Å². The van der Waals surface area contributed by atoms with Gasteiger partial charge in [-0.1, -0.05) is 43.3 Å². The number of phenols is 1. The van der Waals surface area contributed by atoms with Crippen LogP contribution in [-0.4, -0.2) is 27.2 Å². The second kappa shape index (κ2) is 8.03. The number of aliphatic hydroxyl groups excluding tert-OH is 1. The molecule has 0 aliphatic carbocycles. The SMILES string of the molecule is CC[C@@](c1ccccc1)(c1cc(CO)ccc1O)N(C(C)C)C(C)C. The molecule has 0 unspecified atom stereocenters. The van der Waals surface area contributed by atoms with Crippen molar-refractivity contribution in [1.82, 2.24) is 4.90 Å². The van der Waals surface area contributed by atoms with Gasteiger partial charge in [0.1, 0.15) is 5.75 Å². The van der Waals surface area contributed by atoms with E-state index in [2.05, 4.69) is 51.7 Å². The third-order valence-corrected chi connectivity index (χ3v) is 5.01. The first-order chi connectivity index (χ1) is 11.9. The fourth-order valence-electron chi connectivity index (χ4n) is 4.23. The van der Waals surface area contributed by atoms with E-state index >= 15 is 0 Å². The first kappa shape index (κ1) is 19.5. The lowest BCUT2D eigenvalue weighted by atomic mass is 9.76. The molecule has 0 bridgehead atoms. The topological polar surface area (TPSA) is 43.7 Å². The first-order valence-corrected chi connectivity index (χ1v) is 9.15. The number of hydrogen-bond donors (Lipinski definition) is 2. The highest BCUT2D eigenvalue weighted by atomic mass is 16.3. The van der Waals surface area contributed by atoms with Crippen molar-refractivity contribution >= 4 is 0 Å². The van der Waals surface area contributed by atoms with Crippen LogP contribution in [0.3, 0.4) is 0 Å². The number of phenolic OH excluding ortho intramolecular Hbond substituents is 1. The van der Waals surface area contributed by atoms with Gasteiger partial charge in [0.2, 0.25) is 0 Å². The van der Waals surface area contributed by atoms with Crippen LogP contribution in [0.2, 0.25) is 0 Å². The number of rotatable bonds is 7. The molecule has 2 aromatic carbocycles. The van der Waals surface area contributed by atoms with Gasteiger partial charge in [0, 0.05) is 17.6 Å². The molecule has 0 radical (unpaired) electrons. The summed E-state index contributed by atoms with van der Waals surface area (Å²) in [5.74, 6) is 0.272. The average Bonchev–Trinajstić information content (AvgIpc) is 2.60. The molecule has 0 aliphatic heterocycles. The molecule has 2 aromatic rings. The van der Waals surface area contributed by atoms with Crippen molar-refractivity contribution in [3.8, 4) is 5.75 Å². The molecule has 2 N–H and O–H groups in total. The predicted octanol–water partition coefficient (Wildman–Crippen LogP) is 4.66. The summed E-state index contributed by atoms with van der Waals surface area (Å²) in [6.45, 7) is 10.9. The molecule has 0 amide bonds. The Morgan fingerprint density at radius 1 is 0.960 bits per heavy atom. The maximum Gasteiger partial charge on any atom is 0.121 e. The summed E-state index contributed by atoms with van der Waals surface area (Å²) in [5, 5.41) is 20.4. The van der Waals surface area contributed by atoms with Crippen LogP contribution < -0.4 is 0 Å². The summed E-state index contributed by atoms with van der Waals surface area (Å²) in [7, 11) is 0. The smallest absolute Gasteiger partial charge is 0.121 e. The summed E-state index contributed by atoms with van der Waals surface area (Å²) in [4.78, 5) is 2.46. The quantitative estimate of drug-likeness (QED) is 0.770. The van der Waals surface area contributed by atoms with Crippen LogP contribution in [0.5, 0.6) is 5.75 Å². The first-order valence-electron chi connectivity index (χ1n) is 9.15. The molecule has 0 aliphatic rings. The Hall–Kier alpha value is -1.84. The van der Waals surface area contributed by atoms with E-state index < -0.39 is 5.54 Å². The van der Waals surface area contributed by atoms with E-state index in [9.17, 15) is 10.2 Å². The fraction of sp³-hybridized carbons (Fsp3) is 0.455. The van der Waals surface area contributed by atoms with Crippen molar-refractivity contribution in [2.45, 2.75) is 65.3 Å². The van der Waals surface area contributed by atoms with E-state index in [0.29, 0.717) is 0 Å². The highest BCUT2D eigenvalue weighted by Gasteiger charge is 2.43. The van der Waals surface area contributed by atoms with Crippen LogP contribution in [0.25, 0.3) is 0 Å². The monoisotopic (exact) mass is 341 g/mol. The van der Waals surface area contributed by atoms with E-state index in [1.165, 1.54) is 0 Å². The minimum absolute atomic E-state index is 0.0365. The van der Waals surface area contributed by atoms with Crippen molar-refractivity contribution in [3.63, 3.8) is 0 Å². The number of nitrogens with zero attached hydrogens (tertiary/aromatic N) is 1. The minimum atomic E-state index is -0.459. The van der Waals surface area contributed by atoms with Crippen LogP contribution in [0.4, 0.5) is 0 Å². The van der Waals surface area contributed by atoms with E-state index in [0.717, 1.165) is 23.1 Å². The molecule has 25 heavy (non-hydrogen) atoms. The van der Waals surface area contributed by atoms with E-state index in [1.807, 2.05) is 24.3 Å². The highest BCUT2D eigenvalue weighted by molar-refractivity contribution is 5.48. The molecule has 0 fully saturated rings. The summed E-state index contributed by atoms with van der Waals surface area (Å²) in [6, 6.07) is 16.4. The Morgan fingerprint density at radius 3 is 2.04 bits per heavy atom. The molecule has 136 valence electrons. The lowest BCUT2D eigenvalue weighted by Gasteiger charge is -2.49. The summed E-state index contributed by atoms with van der Waals surface area (Å²) >= 11 is 0. The Bertz CT molecular complexity index is 674. The van der Waals surface area contributed by atoms with Gasteiger partial charge in [-0.05, 0) is 57.4 Å². The van der Waals surface area contributed by atoms with Crippen molar-refractivity contribution in [2.75, 3.05) is 0 Å². The van der Waals surface area contributed by atoms with Gasteiger partial charge in [0.15, 0.2) is 0 Å². The molecule has 0 saturated carbocycles. The standard InChI is InChI=1S/C22H31NO2/c1-6-22(19-10-8-7-9-11-19,23(16(2)3)17(4)5)20-14-18(15-24)12-13-21(20)25/h7-14,16-17,24-25H,6,15H2,1-5H3/t22-/m1/s1. The fourth-order valence-corrected chi connectivity index (χ4v) is 4.23. The molecule has 0 heterocycles. The van der Waals surface area contributed by atoms with Gasteiger partial charge in [-0.2, -0.15) is 0 Å². The lowest BCUT2D eigenvalue weighted by Crippen LogP contribution is -2.53. The summed E-state index contributed by atoms with van der Waals surface area (Å²) in [6.07, 6.45) is 0.815. The number of aromatic hydroxyl groups is 1. The van der Waals surface area contributed by atoms with Crippen molar-refractivity contribution in [1.29, 1.82) is 0 Å². The second-order valence-electron chi connectivity index (χ2n) is 7.18. The van der Waals surface area contributed by atoms with Gasteiger partial charge in [0.05, 0.1) is 12.1 Å². The predicted molar refractivity (Wildman–Crippen MR) is 104 cm³/mol. The van der Waals surface area contributed by atoms with Crippen LogP contribution >= 0.6 is 0 Å². The van der Waals surface area contributed by atoms with E-state index in [1.54, 1.807) is 12.1 Å². The molecule has 0 aromatic heterocycles. The van der Waals surface area contributed by atoms with Crippen LogP contribution in [0.15, 0.2) is 48.5 Å². The zero-order valence-electron chi connectivity index (χ0n) is 16.0. The zero-order valence-corrected chi connectivity index (χ0v) is 16.0. The Balaban J connectivity index is 2.85. The minimum Gasteiger partial charge on any atom is -0.508 e. The van der Waals surface area contributed by atoms with Gasteiger partial charge in [-0.25, -0.2) is 0 Å².